The van der Waals surface area contributed by atoms with E-state index in [4.69, 9.17) is 0 Å². The Hall–Kier alpha value is -0.120. The minimum absolute atomic E-state index is 0.729. The summed E-state index contributed by atoms with van der Waals surface area (Å²) in [6, 6.07) is 1.46. The molecule has 0 aromatic carbocycles. The molecule has 3 nitrogen and oxygen atoms in total. The Bertz CT molecular complexity index is 250. The molecule has 0 aromatic heterocycles. The molecule has 3 heteroatoms. The van der Waals surface area contributed by atoms with Gasteiger partial charge in [-0.1, -0.05) is 13.3 Å². The normalized spacial score (nSPS) is 34.6. The fraction of sp³-hybridized carbons (Fsp3) is 1.00. The fourth-order valence-electron chi connectivity index (χ4n) is 3.60. The van der Waals surface area contributed by atoms with Crippen LogP contribution in [0, 0.1) is 5.92 Å². The van der Waals surface area contributed by atoms with Gasteiger partial charge in [-0.2, -0.15) is 0 Å². The first-order valence-corrected chi connectivity index (χ1v) is 8.33. The maximum atomic E-state index is 3.81. The number of piperidine rings is 2. The Morgan fingerprint density at radius 1 is 1.11 bits per heavy atom. The van der Waals surface area contributed by atoms with E-state index in [1.165, 1.54) is 64.8 Å². The highest BCUT2D eigenvalue weighted by molar-refractivity contribution is 4.86. The summed E-state index contributed by atoms with van der Waals surface area (Å²) in [6.45, 7) is 11.2. The smallest absolute Gasteiger partial charge is 0.0120 e. The predicted octanol–water partition coefficient (Wildman–Crippen LogP) is 2.18. The first-order valence-electron chi connectivity index (χ1n) is 8.33. The van der Waals surface area contributed by atoms with Gasteiger partial charge in [0.05, 0.1) is 0 Å². The SMILES string of the molecule is CC1CN(C)C(C)CC1NCCCN1CCCCC1. The van der Waals surface area contributed by atoms with Crippen LogP contribution in [0.3, 0.4) is 0 Å². The number of hydrogen-bond donors (Lipinski definition) is 1. The van der Waals surface area contributed by atoms with Crippen molar-refractivity contribution in [3.8, 4) is 0 Å². The average Bonchev–Trinajstić information content (AvgIpc) is 2.41. The molecule has 112 valence electrons. The third-order valence-corrected chi connectivity index (χ3v) is 5.12. The van der Waals surface area contributed by atoms with E-state index in [1.54, 1.807) is 0 Å². The largest absolute Gasteiger partial charge is 0.314 e. The third-order valence-electron chi connectivity index (χ3n) is 5.12. The van der Waals surface area contributed by atoms with E-state index < -0.39 is 0 Å². The summed E-state index contributed by atoms with van der Waals surface area (Å²) < 4.78 is 0. The molecule has 0 aromatic rings. The van der Waals surface area contributed by atoms with Crippen molar-refractivity contribution >= 4 is 0 Å². The second-order valence-corrected chi connectivity index (χ2v) is 6.82. The van der Waals surface area contributed by atoms with Crippen LogP contribution in [0.1, 0.15) is 46.0 Å². The molecule has 2 aliphatic heterocycles. The number of rotatable bonds is 5. The Morgan fingerprint density at radius 3 is 2.58 bits per heavy atom. The van der Waals surface area contributed by atoms with Crippen molar-refractivity contribution in [1.29, 1.82) is 0 Å². The maximum Gasteiger partial charge on any atom is 0.0120 e. The topological polar surface area (TPSA) is 18.5 Å². The van der Waals surface area contributed by atoms with Crippen molar-refractivity contribution in [1.82, 2.24) is 15.1 Å². The standard InChI is InChI=1S/C16H33N3/c1-14-13-18(3)15(2)12-16(14)17-8-7-11-19-9-5-4-6-10-19/h14-17H,4-13H2,1-3H3. The van der Waals surface area contributed by atoms with Crippen LogP contribution >= 0.6 is 0 Å². The van der Waals surface area contributed by atoms with Crippen molar-refractivity contribution in [2.45, 2.75) is 58.0 Å². The number of hydrogen-bond acceptors (Lipinski definition) is 3. The molecule has 2 heterocycles. The molecule has 2 rings (SSSR count). The lowest BCUT2D eigenvalue weighted by atomic mass is 9.90. The molecule has 1 N–H and O–H groups in total. The number of nitrogens with zero attached hydrogens (tertiary/aromatic N) is 2. The highest BCUT2D eigenvalue weighted by atomic mass is 15.2. The molecule has 2 saturated heterocycles. The fourth-order valence-corrected chi connectivity index (χ4v) is 3.60. The van der Waals surface area contributed by atoms with Crippen LogP contribution in [-0.4, -0.2) is 61.7 Å². The summed E-state index contributed by atoms with van der Waals surface area (Å²) >= 11 is 0. The Balaban J connectivity index is 1.59. The van der Waals surface area contributed by atoms with E-state index in [-0.39, 0.29) is 0 Å². The van der Waals surface area contributed by atoms with Crippen LogP contribution in [0.15, 0.2) is 0 Å². The van der Waals surface area contributed by atoms with E-state index in [1.807, 2.05) is 0 Å². The minimum atomic E-state index is 0.729. The number of likely N-dealkylation sites (tertiary alicyclic amines) is 2. The van der Waals surface area contributed by atoms with Gasteiger partial charge >= 0.3 is 0 Å². The Morgan fingerprint density at radius 2 is 1.84 bits per heavy atom. The van der Waals surface area contributed by atoms with Gasteiger partial charge in [0, 0.05) is 18.6 Å². The van der Waals surface area contributed by atoms with Crippen molar-refractivity contribution in [3.05, 3.63) is 0 Å². The van der Waals surface area contributed by atoms with E-state index in [9.17, 15) is 0 Å². The highest BCUT2D eigenvalue weighted by Crippen LogP contribution is 2.20. The summed E-state index contributed by atoms with van der Waals surface area (Å²) in [7, 11) is 2.26. The zero-order chi connectivity index (χ0) is 13.7. The van der Waals surface area contributed by atoms with Gasteiger partial charge in [0.15, 0.2) is 0 Å². The van der Waals surface area contributed by atoms with Crippen LogP contribution in [-0.2, 0) is 0 Å². The lowest BCUT2D eigenvalue weighted by Gasteiger charge is -2.40. The van der Waals surface area contributed by atoms with Gasteiger partial charge in [-0.05, 0) is 71.8 Å². The second kappa shape index (κ2) is 7.61. The summed E-state index contributed by atoms with van der Waals surface area (Å²) in [5.41, 5.74) is 0. The summed E-state index contributed by atoms with van der Waals surface area (Å²) in [5.74, 6) is 0.788. The molecule has 3 unspecified atom stereocenters. The lowest BCUT2D eigenvalue weighted by Crippen LogP contribution is -2.51. The molecule has 0 amide bonds. The van der Waals surface area contributed by atoms with Gasteiger partial charge < -0.3 is 15.1 Å². The van der Waals surface area contributed by atoms with Gasteiger partial charge in [-0.25, -0.2) is 0 Å². The summed E-state index contributed by atoms with van der Waals surface area (Å²) in [6.07, 6.45) is 6.89. The molecule has 2 aliphatic rings. The van der Waals surface area contributed by atoms with E-state index in [0.717, 1.165) is 18.0 Å². The van der Waals surface area contributed by atoms with E-state index in [0.29, 0.717) is 0 Å². The first kappa shape index (κ1) is 15.3. The zero-order valence-corrected chi connectivity index (χ0v) is 13.2. The molecule has 0 saturated carbocycles. The molecule has 2 fully saturated rings. The molecule has 0 spiro atoms. The first-order chi connectivity index (χ1) is 9.16. The highest BCUT2D eigenvalue weighted by Gasteiger charge is 2.28. The van der Waals surface area contributed by atoms with Crippen LogP contribution in [0.4, 0.5) is 0 Å². The van der Waals surface area contributed by atoms with Crippen molar-refractivity contribution in [2.24, 2.45) is 5.92 Å². The van der Waals surface area contributed by atoms with Gasteiger partial charge in [0.1, 0.15) is 0 Å². The molecule has 0 radical (unpaired) electrons. The van der Waals surface area contributed by atoms with Crippen molar-refractivity contribution < 1.29 is 0 Å². The Labute approximate surface area is 119 Å². The molecule has 3 atom stereocenters. The number of nitrogens with one attached hydrogen (secondary N) is 1. The van der Waals surface area contributed by atoms with Gasteiger partial charge in [0.25, 0.3) is 0 Å². The van der Waals surface area contributed by atoms with Gasteiger partial charge in [-0.15, -0.1) is 0 Å². The monoisotopic (exact) mass is 267 g/mol. The van der Waals surface area contributed by atoms with E-state index in [2.05, 4.69) is 36.0 Å². The second-order valence-electron chi connectivity index (χ2n) is 6.82. The van der Waals surface area contributed by atoms with Crippen molar-refractivity contribution in [3.63, 3.8) is 0 Å². The quantitative estimate of drug-likeness (QED) is 0.770. The predicted molar refractivity (Wildman–Crippen MR) is 82.6 cm³/mol. The molecule has 19 heavy (non-hydrogen) atoms. The maximum absolute atomic E-state index is 3.81. The lowest BCUT2D eigenvalue weighted by molar-refractivity contribution is 0.121. The summed E-state index contributed by atoms with van der Waals surface area (Å²) in [5, 5.41) is 3.81. The van der Waals surface area contributed by atoms with Crippen LogP contribution in [0.5, 0.6) is 0 Å². The van der Waals surface area contributed by atoms with E-state index >= 15 is 0 Å². The molecule has 0 aliphatic carbocycles. The van der Waals surface area contributed by atoms with Gasteiger partial charge in [0.2, 0.25) is 0 Å². The average molecular weight is 267 g/mol. The third kappa shape index (κ3) is 4.73. The van der Waals surface area contributed by atoms with Gasteiger partial charge in [-0.3, -0.25) is 0 Å². The Kier molecular flexibility index (Phi) is 6.11. The molecular weight excluding hydrogens is 234 g/mol. The minimum Gasteiger partial charge on any atom is -0.314 e. The molecule has 0 bridgehead atoms. The van der Waals surface area contributed by atoms with Crippen molar-refractivity contribution in [2.75, 3.05) is 39.8 Å². The van der Waals surface area contributed by atoms with Crippen LogP contribution < -0.4 is 5.32 Å². The zero-order valence-electron chi connectivity index (χ0n) is 13.2. The summed E-state index contributed by atoms with van der Waals surface area (Å²) in [4.78, 5) is 5.14. The van der Waals surface area contributed by atoms with Crippen LogP contribution in [0.25, 0.3) is 0 Å². The molecular formula is C16H33N3. The van der Waals surface area contributed by atoms with Crippen LogP contribution in [0.2, 0.25) is 0 Å².